The van der Waals surface area contributed by atoms with Gasteiger partial charge in [0, 0.05) is 17.6 Å². The van der Waals surface area contributed by atoms with Gasteiger partial charge < -0.3 is 0 Å². The summed E-state index contributed by atoms with van der Waals surface area (Å²) in [6.07, 6.45) is 3.39. The summed E-state index contributed by atoms with van der Waals surface area (Å²) in [5.74, 6) is -0.356. The second-order valence-corrected chi connectivity index (χ2v) is 10.6. The van der Waals surface area contributed by atoms with E-state index in [1.54, 1.807) is 29.1 Å². The highest BCUT2D eigenvalue weighted by Crippen LogP contribution is 2.27. The summed E-state index contributed by atoms with van der Waals surface area (Å²) in [5.41, 5.74) is 8.75. The summed E-state index contributed by atoms with van der Waals surface area (Å²) in [5, 5.41) is 5.08. The zero-order chi connectivity index (χ0) is 24.6. The molecular formula is C25H26N6O3S. The lowest BCUT2D eigenvalue weighted by molar-refractivity contribution is 0.0964. The lowest BCUT2D eigenvalue weighted by atomic mass is 10.1. The number of nitrogens with one attached hydrogen (secondary N) is 3. The molecule has 10 heteroatoms. The number of sulfonamides is 1. The summed E-state index contributed by atoms with van der Waals surface area (Å²) in [6, 6.07) is 17.7. The molecule has 0 radical (unpaired) electrons. The Morgan fingerprint density at radius 3 is 2.43 bits per heavy atom. The maximum Gasteiger partial charge on any atom is 0.270 e. The monoisotopic (exact) mass is 490 g/mol. The van der Waals surface area contributed by atoms with Crippen LogP contribution in [0.15, 0.2) is 71.8 Å². The molecule has 0 unspecified atom stereocenters. The van der Waals surface area contributed by atoms with Crippen LogP contribution in [0.1, 0.15) is 43.1 Å². The molecule has 0 spiro atoms. The van der Waals surface area contributed by atoms with Crippen LogP contribution in [-0.2, 0) is 10.0 Å². The first-order chi connectivity index (χ1) is 16.8. The second-order valence-electron chi connectivity index (χ2n) is 8.84. The van der Waals surface area contributed by atoms with E-state index in [0.29, 0.717) is 28.0 Å². The standard InChI is InChI=1S/C25H26N6O3S/c1-16(2)31-24-22(15-26-31)21(14-23(27-24)17-6-4-3-5-7-17)25(32)29-28-18-10-12-20(13-11-18)35(33,34)30-19-8-9-19/h3-7,10-16,19,28,30H,8-9H2,1-2H3,(H,29,32). The van der Waals surface area contributed by atoms with Crippen molar-refractivity contribution in [3.8, 4) is 11.3 Å². The number of anilines is 1. The fourth-order valence-corrected chi connectivity index (χ4v) is 5.05. The van der Waals surface area contributed by atoms with E-state index in [9.17, 15) is 13.2 Å². The van der Waals surface area contributed by atoms with E-state index >= 15 is 0 Å². The Morgan fingerprint density at radius 1 is 1.06 bits per heavy atom. The van der Waals surface area contributed by atoms with E-state index in [1.807, 2.05) is 44.2 Å². The predicted octanol–water partition coefficient (Wildman–Crippen LogP) is 3.88. The molecule has 1 aliphatic carbocycles. The summed E-state index contributed by atoms with van der Waals surface area (Å²) in [7, 11) is -3.53. The molecule has 2 heterocycles. The number of carbonyl (C=O) groups is 1. The lowest BCUT2D eigenvalue weighted by Gasteiger charge is -2.12. The predicted molar refractivity (Wildman–Crippen MR) is 134 cm³/mol. The van der Waals surface area contributed by atoms with Crippen LogP contribution in [0.3, 0.4) is 0 Å². The van der Waals surface area contributed by atoms with Gasteiger partial charge in [-0.1, -0.05) is 30.3 Å². The van der Waals surface area contributed by atoms with Gasteiger partial charge in [0.05, 0.1) is 33.4 Å². The number of benzene rings is 2. The van der Waals surface area contributed by atoms with E-state index in [4.69, 9.17) is 4.98 Å². The summed E-state index contributed by atoms with van der Waals surface area (Å²) in [4.78, 5) is 18.2. The maximum atomic E-state index is 13.2. The molecule has 5 rings (SSSR count). The molecular weight excluding hydrogens is 464 g/mol. The maximum absolute atomic E-state index is 13.2. The van der Waals surface area contributed by atoms with Gasteiger partial charge in [0.1, 0.15) is 0 Å². The van der Waals surface area contributed by atoms with Crippen molar-refractivity contribution in [1.29, 1.82) is 0 Å². The molecule has 1 aliphatic rings. The molecule has 2 aromatic heterocycles. The van der Waals surface area contributed by atoms with Gasteiger partial charge in [-0.05, 0) is 57.0 Å². The van der Waals surface area contributed by atoms with Gasteiger partial charge in [-0.25, -0.2) is 22.8 Å². The fourth-order valence-electron chi connectivity index (χ4n) is 3.74. The van der Waals surface area contributed by atoms with E-state index in [0.717, 1.165) is 18.4 Å². The molecule has 35 heavy (non-hydrogen) atoms. The number of hydrogen-bond acceptors (Lipinski definition) is 6. The zero-order valence-electron chi connectivity index (χ0n) is 19.4. The van der Waals surface area contributed by atoms with Crippen LogP contribution < -0.4 is 15.6 Å². The Labute approximate surface area is 203 Å². The molecule has 180 valence electrons. The number of hydrogen-bond donors (Lipinski definition) is 3. The first-order valence-electron chi connectivity index (χ1n) is 11.4. The first-order valence-corrected chi connectivity index (χ1v) is 12.9. The number of fused-ring (bicyclic) bond motifs is 1. The van der Waals surface area contributed by atoms with Crippen LogP contribution in [0.2, 0.25) is 0 Å². The summed E-state index contributed by atoms with van der Waals surface area (Å²) >= 11 is 0. The molecule has 1 fully saturated rings. The number of pyridine rings is 1. The Morgan fingerprint density at radius 2 is 1.77 bits per heavy atom. The van der Waals surface area contributed by atoms with Crippen molar-refractivity contribution in [2.24, 2.45) is 0 Å². The molecule has 1 amide bonds. The van der Waals surface area contributed by atoms with Crippen LogP contribution in [0.25, 0.3) is 22.3 Å². The van der Waals surface area contributed by atoms with Gasteiger partial charge >= 0.3 is 0 Å². The van der Waals surface area contributed by atoms with Crippen molar-refractivity contribution >= 4 is 32.7 Å². The molecule has 0 bridgehead atoms. The Hall–Kier alpha value is -3.76. The van der Waals surface area contributed by atoms with Gasteiger partial charge in [0.15, 0.2) is 5.65 Å². The highest BCUT2D eigenvalue weighted by Gasteiger charge is 2.27. The number of hydrazine groups is 1. The van der Waals surface area contributed by atoms with Crippen LogP contribution in [-0.4, -0.2) is 35.1 Å². The Balaban J connectivity index is 1.39. The normalized spacial score (nSPS) is 13.8. The molecule has 0 saturated heterocycles. The first kappa shape index (κ1) is 23.0. The number of nitrogens with zero attached hydrogens (tertiary/aromatic N) is 3. The largest absolute Gasteiger partial charge is 0.298 e. The number of rotatable bonds is 8. The highest BCUT2D eigenvalue weighted by molar-refractivity contribution is 7.89. The molecule has 0 aliphatic heterocycles. The number of carbonyl (C=O) groups excluding carboxylic acids is 1. The van der Waals surface area contributed by atoms with E-state index in [2.05, 4.69) is 20.7 Å². The van der Waals surface area contributed by atoms with Crippen molar-refractivity contribution in [2.45, 2.75) is 43.7 Å². The fraction of sp³-hybridized carbons (Fsp3) is 0.240. The highest BCUT2D eigenvalue weighted by atomic mass is 32.2. The smallest absolute Gasteiger partial charge is 0.270 e. The summed E-state index contributed by atoms with van der Waals surface area (Å²) < 4.78 is 29.2. The number of amides is 1. The molecule has 0 atom stereocenters. The Kier molecular flexibility index (Phi) is 6.00. The topological polar surface area (TPSA) is 118 Å². The molecule has 3 N–H and O–H groups in total. The van der Waals surface area contributed by atoms with E-state index in [-0.39, 0.29) is 22.9 Å². The molecule has 9 nitrogen and oxygen atoms in total. The third-order valence-electron chi connectivity index (χ3n) is 5.75. The van der Waals surface area contributed by atoms with Gasteiger partial charge in [-0.2, -0.15) is 5.10 Å². The van der Waals surface area contributed by atoms with Crippen molar-refractivity contribution in [3.05, 3.63) is 72.4 Å². The minimum atomic E-state index is -3.53. The minimum Gasteiger partial charge on any atom is -0.298 e. The third-order valence-corrected chi connectivity index (χ3v) is 7.29. The van der Waals surface area contributed by atoms with Crippen LogP contribution in [0, 0.1) is 0 Å². The molecule has 2 aromatic carbocycles. The SMILES string of the molecule is CC(C)n1ncc2c(C(=O)NNc3ccc(S(=O)(=O)NC4CC4)cc3)cc(-c3ccccc3)nc21. The zero-order valence-corrected chi connectivity index (χ0v) is 20.2. The lowest BCUT2D eigenvalue weighted by Crippen LogP contribution is -2.29. The quantitative estimate of drug-likeness (QED) is 0.323. The minimum absolute atomic E-state index is 0.0371. The molecule has 4 aromatic rings. The van der Waals surface area contributed by atoms with Gasteiger partial charge in [-0.3, -0.25) is 15.6 Å². The van der Waals surface area contributed by atoms with Crippen LogP contribution in [0.4, 0.5) is 5.69 Å². The van der Waals surface area contributed by atoms with Crippen molar-refractivity contribution in [1.82, 2.24) is 24.9 Å². The second kappa shape index (κ2) is 9.12. The summed E-state index contributed by atoms with van der Waals surface area (Å²) in [6.45, 7) is 4.02. The third kappa shape index (κ3) is 4.89. The number of aromatic nitrogens is 3. The average Bonchev–Trinajstić information content (AvgIpc) is 3.55. The van der Waals surface area contributed by atoms with E-state index in [1.165, 1.54) is 12.1 Å². The van der Waals surface area contributed by atoms with Gasteiger partial charge in [0.25, 0.3) is 5.91 Å². The van der Waals surface area contributed by atoms with Gasteiger partial charge in [-0.15, -0.1) is 0 Å². The van der Waals surface area contributed by atoms with E-state index < -0.39 is 10.0 Å². The average molecular weight is 491 g/mol. The van der Waals surface area contributed by atoms with Crippen molar-refractivity contribution in [2.75, 3.05) is 5.43 Å². The van der Waals surface area contributed by atoms with Crippen LogP contribution in [0.5, 0.6) is 0 Å². The van der Waals surface area contributed by atoms with Gasteiger partial charge in [0.2, 0.25) is 10.0 Å². The van der Waals surface area contributed by atoms with Crippen LogP contribution >= 0.6 is 0 Å². The van der Waals surface area contributed by atoms with Crippen molar-refractivity contribution < 1.29 is 13.2 Å². The Bertz CT molecular complexity index is 1480. The van der Waals surface area contributed by atoms with Crippen molar-refractivity contribution in [3.63, 3.8) is 0 Å². The molecule has 1 saturated carbocycles.